The van der Waals surface area contributed by atoms with Crippen molar-refractivity contribution in [3.8, 4) is 0 Å². The Bertz CT molecular complexity index is 719. The number of carbonyl (C=O) groups is 2. The summed E-state index contributed by atoms with van der Waals surface area (Å²) in [6.07, 6.45) is -0.366. The number of aryl methyl sites for hydroxylation is 1. The molecule has 1 aromatic carbocycles. The summed E-state index contributed by atoms with van der Waals surface area (Å²) in [6.45, 7) is 7.58. The van der Waals surface area contributed by atoms with Gasteiger partial charge in [0.05, 0.1) is 10.2 Å². The average Bonchev–Trinajstić information content (AvgIpc) is 2.77. The highest BCUT2D eigenvalue weighted by molar-refractivity contribution is 7.22. The second-order valence-electron chi connectivity index (χ2n) is 6.22. The molecule has 6 nitrogen and oxygen atoms in total. The highest BCUT2D eigenvalue weighted by Crippen LogP contribution is 2.26. The number of amides is 2. The fourth-order valence-electron chi connectivity index (χ4n) is 1.86. The first-order valence-electron chi connectivity index (χ1n) is 7.37. The summed E-state index contributed by atoms with van der Waals surface area (Å²) in [5.41, 5.74) is 1.47. The fourth-order valence-corrected chi connectivity index (χ4v) is 2.84. The van der Waals surface area contributed by atoms with E-state index in [0.717, 1.165) is 15.8 Å². The summed E-state index contributed by atoms with van der Waals surface area (Å²) >= 11 is 1.43. The first-order chi connectivity index (χ1) is 10.7. The number of anilines is 1. The SMILES string of the molecule is Cc1ccc2nc(NC(=O)CCNC(=O)OC(C)(C)C)sc2c1. The molecule has 0 fully saturated rings. The lowest BCUT2D eigenvalue weighted by atomic mass is 10.2. The fraction of sp³-hybridized carbons (Fsp3) is 0.438. The molecule has 2 rings (SSSR count). The largest absolute Gasteiger partial charge is 0.444 e. The van der Waals surface area contributed by atoms with Gasteiger partial charge in [-0.05, 0) is 45.4 Å². The van der Waals surface area contributed by atoms with Crippen LogP contribution in [0.1, 0.15) is 32.8 Å². The van der Waals surface area contributed by atoms with E-state index in [1.54, 1.807) is 20.8 Å². The zero-order chi connectivity index (χ0) is 17.0. The Balaban J connectivity index is 1.81. The Kier molecular flexibility index (Phi) is 5.20. The molecule has 0 radical (unpaired) electrons. The van der Waals surface area contributed by atoms with Gasteiger partial charge >= 0.3 is 6.09 Å². The number of carbonyl (C=O) groups excluding carboxylic acids is 2. The van der Waals surface area contributed by atoms with E-state index < -0.39 is 11.7 Å². The number of nitrogens with zero attached hydrogens (tertiary/aromatic N) is 1. The van der Waals surface area contributed by atoms with Crippen molar-refractivity contribution in [3.63, 3.8) is 0 Å². The van der Waals surface area contributed by atoms with Gasteiger partial charge in [-0.15, -0.1) is 0 Å². The van der Waals surface area contributed by atoms with Crippen LogP contribution in [0.4, 0.5) is 9.93 Å². The van der Waals surface area contributed by atoms with Crippen molar-refractivity contribution in [2.45, 2.75) is 39.7 Å². The van der Waals surface area contributed by atoms with Gasteiger partial charge in [0.25, 0.3) is 0 Å². The van der Waals surface area contributed by atoms with Gasteiger partial charge in [-0.3, -0.25) is 4.79 Å². The van der Waals surface area contributed by atoms with E-state index in [2.05, 4.69) is 15.6 Å². The van der Waals surface area contributed by atoms with E-state index in [1.165, 1.54) is 11.3 Å². The summed E-state index contributed by atoms with van der Waals surface area (Å²) in [5, 5.41) is 5.86. The number of alkyl carbamates (subject to hydrolysis) is 1. The van der Waals surface area contributed by atoms with Crippen molar-refractivity contribution in [3.05, 3.63) is 23.8 Å². The maximum absolute atomic E-state index is 11.9. The Morgan fingerprint density at radius 1 is 1.30 bits per heavy atom. The Morgan fingerprint density at radius 3 is 2.74 bits per heavy atom. The molecular formula is C16H21N3O3S. The summed E-state index contributed by atoms with van der Waals surface area (Å²) in [4.78, 5) is 27.7. The summed E-state index contributed by atoms with van der Waals surface area (Å²) in [5.74, 6) is -0.197. The molecule has 124 valence electrons. The van der Waals surface area contributed by atoms with Crippen molar-refractivity contribution in [1.82, 2.24) is 10.3 Å². The first-order valence-corrected chi connectivity index (χ1v) is 8.18. The average molecular weight is 335 g/mol. The summed E-state index contributed by atoms with van der Waals surface area (Å²) in [6, 6.07) is 5.95. The number of rotatable bonds is 4. The summed E-state index contributed by atoms with van der Waals surface area (Å²) in [7, 11) is 0. The number of hydrogen-bond acceptors (Lipinski definition) is 5. The van der Waals surface area contributed by atoms with Crippen LogP contribution in [0.3, 0.4) is 0 Å². The molecule has 2 aromatic rings. The standard InChI is InChI=1S/C16H21N3O3S/c1-10-5-6-11-12(9-10)23-14(18-11)19-13(20)7-8-17-15(21)22-16(2,3)4/h5-6,9H,7-8H2,1-4H3,(H,17,21)(H,18,19,20). The van der Waals surface area contributed by atoms with Gasteiger partial charge in [-0.1, -0.05) is 17.4 Å². The highest BCUT2D eigenvalue weighted by Gasteiger charge is 2.16. The van der Waals surface area contributed by atoms with Crippen molar-refractivity contribution in [2.24, 2.45) is 0 Å². The van der Waals surface area contributed by atoms with E-state index in [-0.39, 0.29) is 18.9 Å². The molecule has 0 aliphatic carbocycles. The lowest BCUT2D eigenvalue weighted by Gasteiger charge is -2.19. The van der Waals surface area contributed by atoms with Crippen LogP contribution < -0.4 is 10.6 Å². The van der Waals surface area contributed by atoms with Crippen LogP contribution in [0.15, 0.2) is 18.2 Å². The molecule has 0 bridgehead atoms. The molecule has 0 saturated carbocycles. The number of aromatic nitrogens is 1. The molecule has 0 atom stereocenters. The zero-order valence-corrected chi connectivity index (χ0v) is 14.5. The Hall–Kier alpha value is -2.15. The second-order valence-corrected chi connectivity index (χ2v) is 7.25. The number of ether oxygens (including phenoxy) is 1. The number of benzene rings is 1. The lowest BCUT2D eigenvalue weighted by Crippen LogP contribution is -2.34. The van der Waals surface area contributed by atoms with Crippen LogP contribution in [-0.4, -0.2) is 29.1 Å². The molecule has 1 aromatic heterocycles. The third-order valence-electron chi connectivity index (χ3n) is 2.81. The predicted molar refractivity (Wildman–Crippen MR) is 91.8 cm³/mol. The van der Waals surface area contributed by atoms with Gasteiger partial charge in [0.2, 0.25) is 5.91 Å². The van der Waals surface area contributed by atoms with E-state index in [0.29, 0.717) is 5.13 Å². The topological polar surface area (TPSA) is 80.3 Å². The maximum atomic E-state index is 11.9. The lowest BCUT2D eigenvalue weighted by molar-refractivity contribution is -0.116. The number of nitrogens with one attached hydrogen (secondary N) is 2. The monoisotopic (exact) mass is 335 g/mol. The molecule has 0 unspecified atom stereocenters. The van der Waals surface area contributed by atoms with Gasteiger partial charge in [0.1, 0.15) is 5.60 Å². The molecule has 7 heteroatoms. The molecular weight excluding hydrogens is 314 g/mol. The molecule has 2 N–H and O–H groups in total. The van der Waals surface area contributed by atoms with Gasteiger partial charge in [-0.2, -0.15) is 0 Å². The van der Waals surface area contributed by atoms with Gasteiger partial charge in [-0.25, -0.2) is 9.78 Å². The van der Waals surface area contributed by atoms with Crippen LogP contribution in [0.5, 0.6) is 0 Å². The Morgan fingerprint density at radius 2 is 2.04 bits per heavy atom. The predicted octanol–water partition coefficient (Wildman–Crippen LogP) is 3.46. The molecule has 0 spiro atoms. The van der Waals surface area contributed by atoms with Crippen molar-refractivity contribution >= 4 is 38.7 Å². The molecule has 0 aliphatic heterocycles. The van der Waals surface area contributed by atoms with Crippen molar-refractivity contribution in [2.75, 3.05) is 11.9 Å². The van der Waals surface area contributed by atoms with Crippen LogP contribution in [-0.2, 0) is 9.53 Å². The number of hydrogen-bond donors (Lipinski definition) is 2. The quantitative estimate of drug-likeness (QED) is 0.896. The third-order valence-corrected chi connectivity index (χ3v) is 3.74. The number of thiazole rings is 1. The molecule has 2 amide bonds. The van der Waals surface area contributed by atoms with Crippen molar-refractivity contribution < 1.29 is 14.3 Å². The minimum Gasteiger partial charge on any atom is -0.444 e. The van der Waals surface area contributed by atoms with E-state index in [9.17, 15) is 9.59 Å². The van der Waals surface area contributed by atoms with Gasteiger partial charge in [0.15, 0.2) is 5.13 Å². The normalized spacial score (nSPS) is 11.3. The van der Waals surface area contributed by atoms with Crippen LogP contribution in [0.25, 0.3) is 10.2 Å². The smallest absolute Gasteiger partial charge is 0.407 e. The third kappa shape index (κ3) is 5.52. The minimum atomic E-state index is -0.550. The number of fused-ring (bicyclic) bond motifs is 1. The molecule has 23 heavy (non-hydrogen) atoms. The molecule has 0 saturated heterocycles. The first kappa shape index (κ1) is 17.2. The van der Waals surface area contributed by atoms with Crippen LogP contribution >= 0.6 is 11.3 Å². The van der Waals surface area contributed by atoms with Gasteiger partial charge in [0, 0.05) is 13.0 Å². The maximum Gasteiger partial charge on any atom is 0.407 e. The molecule has 0 aliphatic rings. The second kappa shape index (κ2) is 6.95. The summed E-state index contributed by atoms with van der Waals surface area (Å²) < 4.78 is 6.13. The highest BCUT2D eigenvalue weighted by atomic mass is 32.1. The van der Waals surface area contributed by atoms with E-state index >= 15 is 0 Å². The van der Waals surface area contributed by atoms with Crippen molar-refractivity contribution in [1.29, 1.82) is 0 Å². The van der Waals surface area contributed by atoms with E-state index in [4.69, 9.17) is 4.74 Å². The van der Waals surface area contributed by atoms with Crippen LogP contribution in [0, 0.1) is 6.92 Å². The van der Waals surface area contributed by atoms with Gasteiger partial charge < -0.3 is 15.4 Å². The Labute approximate surface area is 139 Å². The minimum absolute atomic E-state index is 0.161. The van der Waals surface area contributed by atoms with E-state index in [1.807, 2.05) is 25.1 Å². The van der Waals surface area contributed by atoms with Crippen LogP contribution in [0.2, 0.25) is 0 Å². The zero-order valence-electron chi connectivity index (χ0n) is 13.7. The molecule has 1 heterocycles.